The van der Waals surface area contributed by atoms with Gasteiger partial charge >= 0.3 is 0 Å². The second-order valence-corrected chi connectivity index (χ2v) is 6.95. The first kappa shape index (κ1) is 21.0. The fourth-order valence-electron chi connectivity index (χ4n) is 3.27. The van der Waals surface area contributed by atoms with Crippen molar-refractivity contribution in [1.29, 1.82) is 0 Å². The molecule has 0 aliphatic heterocycles. The van der Waals surface area contributed by atoms with E-state index in [1.165, 1.54) is 83.6 Å². The Morgan fingerprint density at radius 3 is 1.57 bits per heavy atom. The highest BCUT2D eigenvalue weighted by atomic mass is 14.8. The molecule has 0 aromatic rings. The summed E-state index contributed by atoms with van der Waals surface area (Å²) in [5.74, 6) is 1.80. The quantitative estimate of drug-likeness (QED) is 0.318. The van der Waals surface area contributed by atoms with Crippen molar-refractivity contribution in [3.63, 3.8) is 0 Å². The van der Waals surface area contributed by atoms with Crippen LogP contribution < -0.4 is 5.32 Å². The van der Waals surface area contributed by atoms with E-state index in [-0.39, 0.29) is 0 Å². The van der Waals surface area contributed by atoms with E-state index in [4.69, 9.17) is 0 Å². The summed E-state index contributed by atoms with van der Waals surface area (Å²) in [6.07, 6.45) is 17.2. The summed E-state index contributed by atoms with van der Waals surface area (Å²) >= 11 is 0. The molecule has 0 fully saturated rings. The van der Waals surface area contributed by atoms with Gasteiger partial charge in [-0.15, -0.1) is 0 Å². The molecule has 0 rings (SSSR count). The molecule has 1 N–H and O–H groups in total. The molecular formula is C20H43N. The highest BCUT2D eigenvalue weighted by Crippen LogP contribution is 2.25. The van der Waals surface area contributed by atoms with Crippen LogP contribution in [0.3, 0.4) is 0 Å². The average molecular weight is 298 g/mol. The maximum Gasteiger partial charge on any atom is -0.00206 e. The minimum absolute atomic E-state index is 0.849. The summed E-state index contributed by atoms with van der Waals surface area (Å²) in [6, 6.07) is 0. The van der Waals surface area contributed by atoms with E-state index >= 15 is 0 Å². The van der Waals surface area contributed by atoms with Gasteiger partial charge in [-0.1, -0.05) is 105 Å². The third-order valence-electron chi connectivity index (χ3n) is 4.88. The molecule has 0 saturated carbocycles. The first-order valence-corrected chi connectivity index (χ1v) is 9.96. The average Bonchev–Trinajstić information content (AvgIpc) is 2.50. The van der Waals surface area contributed by atoms with Gasteiger partial charge < -0.3 is 5.32 Å². The van der Waals surface area contributed by atoms with Crippen LogP contribution in [0.4, 0.5) is 0 Å². The van der Waals surface area contributed by atoms with Crippen molar-refractivity contribution in [3.8, 4) is 0 Å². The van der Waals surface area contributed by atoms with E-state index in [1.807, 2.05) is 0 Å². The van der Waals surface area contributed by atoms with Crippen LogP contribution in [0, 0.1) is 11.8 Å². The van der Waals surface area contributed by atoms with Crippen LogP contribution in [0.1, 0.15) is 105 Å². The molecule has 0 spiro atoms. The lowest BCUT2D eigenvalue weighted by Gasteiger charge is -2.24. The summed E-state index contributed by atoms with van der Waals surface area (Å²) in [5.41, 5.74) is 0. The molecule has 0 aliphatic rings. The lowest BCUT2D eigenvalue weighted by Crippen LogP contribution is -2.26. The molecule has 21 heavy (non-hydrogen) atoms. The lowest BCUT2D eigenvalue weighted by atomic mass is 9.84. The Bertz CT molecular complexity index is 176. The second-order valence-electron chi connectivity index (χ2n) is 6.95. The molecule has 1 heteroatoms. The molecule has 0 aromatic carbocycles. The van der Waals surface area contributed by atoms with Gasteiger partial charge in [-0.05, 0) is 24.9 Å². The predicted molar refractivity (Wildman–Crippen MR) is 97.9 cm³/mol. The van der Waals surface area contributed by atoms with Gasteiger partial charge in [0.1, 0.15) is 0 Å². The molecule has 0 amide bonds. The molecule has 0 bridgehead atoms. The van der Waals surface area contributed by atoms with Crippen molar-refractivity contribution in [1.82, 2.24) is 5.32 Å². The van der Waals surface area contributed by atoms with Gasteiger partial charge in [0.2, 0.25) is 0 Å². The smallest absolute Gasteiger partial charge is 0.00206 e. The normalized spacial score (nSPS) is 13.0. The van der Waals surface area contributed by atoms with E-state index in [0.717, 1.165) is 18.4 Å². The van der Waals surface area contributed by atoms with Crippen LogP contribution >= 0.6 is 0 Å². The SMILES string of the molecule is CCCCCCCC(CCCCCCC)C(C)CNCC. The minimum Gasteiger partial charge on any atom is -0.317 e. The van der Waals surface area contributed by atoms with E-state index in [2.05, 4.69) is 33.0 Å². The standard InChI is InChI=1S/C20H43N/c1-5-8-10-12-14-16-20(19(4)18-21-7-3)17-15-13-11-9-6-2/h19-21H,5-18H2,1-4H3. The fraction of sp³-hybridized carbons (Fsp3) is 1.00. The van der Waals surface area contributed by atoms with Crippen molar-refractivity contribution in [2.45, 2.75) is 105 Å². The van der Waals surface area contributed by atoms with Crippen molar-refractivity contribution in [2.75, 3.05) is 13.1 Å². The summed E-state index contributed by atoms with van der Waals surface area (Å²) in [6.45, 7) is 11.6. The monoisotopic (exact) mass is 297 g/mol. The van der Waals surface area contributed by atoms with E-state index < -0.39 is 0 Å². The summed E-state index contributed by atoms with van der Waals surface area (Å²) in [7, 11) is 0. The van der Waals surface area contributed by atoms with Gasteiger partial charge in [0.25, 0.3) is 0 Å². The molecule has 0 aromatic heterocycles. The molecule has 1 unspecified atom stereocenters. The second kappa shape index (κ2) is 16.3. The van der Waals surface area contributed by atoms with Crippen molar-refractivity contribution < 1.29 is 0 Å². The van der Waals surface area contributed by atoms with E-state index in [1.54, 1.807) is 0 Å². The van der Waals surface area contributed by atoms with Gasteiger partial charge in [0.05, 0.1) is 0 Å². The molecule has 0 radical (unpaired) electrons. The molecular weight excluding hydrogens is 254 g/mol. The molecule has 0 heterocycles. The van der Waals surface area contributed by atoms with Crippen LogP contribution in [-0.2, 0) is 0 Å². The number of hydrogen-bond acceptors (Lipinski definition) is 1. The van der Waals surface area contributed by atoms with Crippen molar-refractivity contribution in [2.24, 2.45) is 11.8 Å². The van der Waals surface area contributed by atoms with Crippen LogP contribution in [0.25, 0.3) is 0 Å². The third-order valence-corrected chi connectivity index (χ3v) is 4.88. The number of nitrogens with one attached hydrogen (secondary N) is 1. The van der Waals surface area contributed by atoms with E-state index in [9.17, 15) is 0 Å². The third kappa shape index (κ3) is 13.4. The van der Waals surface area contributed by atoms with E-state index in [0.29, 0.717) is 0 Å². The summed E-state index contributed by atoms with van der Waals surface area (Å²) in [5, 5.41) is 3.55. The molecule has 128 valence electrons. The summed E-state index contributed by atoms with van der Waals surface area (Å²) < 4.78 is 0. The molecule has 1 atom stereocenters. The maximum absolute atomic E-state index is 3.55. The molecule has 0 saturated heterocycles. The van der Waals surface area contributed by atoms with Crippen LogP contribution in [0.15, 0.2) is 0 Å². The maximum atomic E-state index is 3.55. The summed E-state index contributed by atoms with van der Waals surface area (Å²) in [4.78, 5) is 0. The topological polar surface area (TPSA) is 12.0 Å². The Balaban J connectivity index is 3.90. The lowest BCUT2D eigenvalue weighted by molar-refractivity contribution is 0.287. The number of rotatable bonds is 16. The van der Waals surface area contributed by atoms with Gasteiger partial charge in [0.15, 0.2) is 0 Å². The Hall–Kier alpha value is -0.0400. The van der Waals surface area contributed by atoms with Crippen LogP contribution in [0.2, 0.25) is 0 Å². The molecule has 1 nitrogen and oxygen atoms in total. The Morgan fingerprint density at radius 1 is 0.667 bits per heavy atom. The number of unbranched alkanes of at least 4 members (excludes halogenated alkanes) is 8. The largest absolute Gasteiger partial charge is 0.317 e. The fourth-order valence-corrected chi connectivity index (χ4v) is 3.27. The minimum atomic E-state index is 0.849. The van der Waals surface area contributed by atoms with Gasteiger partial charge in [-0.2, -0.15) is 0 Å². The Morgan fingerprint density at radius 2 is 1.14 bits per heavy atom. The Kier molecular flexibility index (Phi) is 16.3. The predicted octanol–water partition coefficient (Wildman–Crippen LogP) is 6.57. The van der Waals surface area contributed by atoms with Gasteiger partial charge in [0, 0.05) is 0 Å². The first-order chi connectivity index (χ1) is 10.3. The first-order valence-electron chi connectivity index (χ1n) is 9.96. The highest BCUT2D eigenvalue weighted by molar-refractivity contribution is 4.69. The van der Waals surface area contributed by atoms with Crippen LogP contribution in [0.5, 0.6) is 0 Å². The highest BCUT2D eigenvalue weighted by Gasteiger charge is 2.16. The molecule has 0 aliphatic carbocycles. The number of hydrogen-bond donors (Lipinski definition) is 1. The Labute approximate surface area is 135 Å². The zero-order valence-electron chi connectivity index (χ0n) is 15.6. The zero-order valence-corrected chi connectivity index (χ0v) is 15.6. The van der Waals surface area contributed by atoms with Crippen molar-refractivity contribution in [3.05, 3.63) is 0 Å². The van der Waals surface area contributed by atoms with Gasteiger partial charge in [-0.25, -0.2) is 0 Å². The van der Waals surface area contributed by atoms with Gasteiger partial charge in [-0.3, -0.25) is 0 Å². The van der Waals surface area contributed by atoms with Crippen LogP contribution in [-0.4, -0.2) is 13.1 Å². The van der Waals surface area contributed by atoms with Crippen molar-refractivity contribution >= 4 is 0 Å². The zero-order chi connectivity index (χ0) is 15.8.